The van der Waals surface area contributed by atoms with Crippen LogP contribution in [-0.4, -0.2) is 23.1 Å². The van der Waals surface area contributed by atoms with Crippen LogP contribution in [0.2, 0.25) is 0 Å². The van der Waals surface area contributed by atoms with Crippen molar-refractivity contribution in [3.05, 3.63) is 29.5 Å². The van der Waals surface area contributed by atoms with E-state index in [9.17, 15) is 4.39 Å². The fourth-order valence-corrected chi connectivity index (χ4v) is 2.49. The second kappa shape index (κ2) is 4.43. The summed E-state index contributed by atoms with van der Waals surface area (Å²) in [7, 11) is 0. The van der Waals surface area contributed by atoms with E-state index in [0.717, 1.165) is 43.0 Å². The topological polar surface area (TPSA) is 29.0 Å². The standard InChI is InChI=1S/C13H16FN3/c14-10-4-3-7-17(9-10)13-8-15-11-5-1-2-6-12(11)16-13/h4,8H,1-3,5-7,9H2. The molecule has 1 aliphatic carbocycles. The lowest BCUT2D eigenvalue weighted by atomic mass is 10.0. The molecule has 0 bridgehead atoms. The van der Waals surface area contributed by atoms with E-state index in [1.54, 1.807) is 12.3 Å². The summed E-state index contributed by atoms with van der Waals surface area (Å²) in [6.45, 7) is 1.17. The smallest absolute Gasteiger partial charge is 0.147 e. The first-order chi connectivity index (χ1) is 8.33. The van der Waals surface area contributed by atoms with E-state index in [2.05, 4.69) is 9.97 Å². The van der Waals surface area contributed by atoms with Gasteiger partial charge in [-0.2, -0.15) is 0 Å². The van der Waals surface area contributed by atoms with E-state index in [-0.39, 0.29) is 5.83 Å². The quantitative estimate of drug-likeness (QED) is 0.746. The second-order valence-electron chi connectivity index (χ2n) is 4.69. The van der Waals surface area contributed by atoms with E-state index in [1.165, 1.54) is 12.8 Å². The number of halogens is 1. The van der Waals surface area contributed by atoms with Crippen molar-refractivity contribution in [1.29, 1.82) is 0 Å². The molecular formula is C13H16FN3. The molecule has 17 heavy (non-hydrogen) atoms. The third kappa shape index (κ3) is 2.16. The van der Waals surface area contributed by atoms with Crippen LogP contribution in [-0.2, 0) is 12.8 Å². The van der Waals surface area contributed by atoms with Crippen LogP contribution in [0.3, 0.4) is 0 Å². The minimum atomic E-state index is -0.0595. The molecule has 0 radical (unpaired) electrons. The second-order valence-corrected chi connectivity index (χ2v) is 4.69. The zero-order valence-electron chi connectivity index (χ0n) is 9.82. The molecule has 0 saturated heterocycles. The molecule has 0 spiro atoms. The van der Waals surface area contributed by atoms with Gasteiger partial charge in [0.1, 0.15) is 11.6 Å². The van der Waals surface area contributed by atoms with Crippen molar-refractivity contribution >= 4 is 5.82 Å². The number of hydrogen-bond acceptors (Lipinski definition) is 3. The highest BCUT2D eigenvalue weighted by molar-refractivity contribution is 5.41. The van der Waals surface area contributed by atoms with Gasteiger partial charge in [0.05, 0.1) is 24.1 Å². The highest BCUT2D eigenvalue weighted by Gasteiger charge is 2.18. The summed E-state index contributed by atoms with van der Waals surface area (Å²) < 4.78 is 13.2. The normalized spacial score (nSPS) is 19.8. The fourth-order valence-electron chi connectivity index (χ4n) is 2.49. The van der Waals surface area contributed by atoms with Gasteiger partial charge in [0, 0.05) is 6.54 Å². The van der Waals surface area contributed by atoms with E-state index in [0.29, 0.717) is 6.54 Å². The number of hydrogen-bond donors (Lipinski definition) is 0. The van der Waals surface area contributed by atoms with Crippen molar-refractivity contribution in [3.63, 3.8) is 0 Å². The maximum atomic E-state index is 13.2. The zero-order chi connectivity index (χ0) is 11.7. The summed E-state index contributed by atoms with van der Waals surface area (Å²) in [5.41, 5.74) is 2.25. The van der Waals surface area contributed by atoms with Gasteiger partial charge in [0.25, 0.3) is 0 Å². The number of rotatable bonds is 1. The summed E-state index contributed by atoms with van der Waals surface area (Å²) in [5.74, 6) is 0.768. The van der Waals surface area contributed by atoms with Crippen molar-refractivity contribution in [2.75, 3.05) is 18.0 Å². The van der Waals surface area contributed by atoms with Crippen molar-refractivity contribution in [2.45, 2.75) is 32.1 Å². The van der Waals surface area contributed by atoms with Crippen LogP contribution >= 0.6 is 0 Å². The van der Waals surface area contributed by atoms with Gasteiger partial charge in [-0.05, 0) is 38.2 Å². The maximum Gasteiger partial charge on any atom is 0.147 e. The summed E-state index contributed by atoms with van der Waals surface area (Å²) in [5, 5.41) is 0. The first kappa shape index (κ1) is 10.7. The summed E-state index contributed by atoms with van der Waals surface area (Å²) in [4.78, 5) is 11.1. The molecule has 0 atom stereocenters. The minimum absolute atomic E-state index is 0.0595. The molecule has 1 aromatic heterocycles. The third-order valence-electron chi connectivity index (χ3n) is 3.43. The molecule has 0 aromatic carbocycles. The largest absolute Gasteiger partial charge is 0.348 e. The van der Waals surface area contributed by atoms with Crippen LogP contribution in [0.1, 0.15) is 30.7 Å². The zero-order valence-corrected chi connectivity index (χ0v) is 9.82. The van der Waals surface area contributed by atoms with E-state index in [4.69, 9.17) is 0 Å². The molecule has 3 nitrogen and oxygen atoms in total. The van der Waals surface area contributed by atoms with Crippen LogP contribution in [0.15, 0.2) is 18.1 Å². The van der Waals surface area contributed by atoms with Gasteiger partial charge in [-0.1, -0.05) is 0 Å². The molecule has 3 rings (SSSR count). The molecular weight excluding hydrogens is 217 g/mol. The molecule has 1 aromatic rings. The molecule has 0 fully saturated rings. The first-order valence-corrected chi connectivity index (χ1v) is 6.27. The Bertz CT molecular complexity index is 456. The number of aromatic nitrogens is 2. The maximum absolute atomic E-state index is 13.2. The van der Waals surface area contributed by atoms with Crippen molar-refractivity contribution in [1.82, 2.24) is 9.97 Å². The molecule has 2 heterocycles. The summed E-state index contributed by atoms with van der Waals surface area (Å²) in [6, 6.07) is 0. The number of fused-ring (bicyclic) bond motifs is 1. The lowest BCUT2D eigenvalue weighted by Crippen LogP contribution is -2.30. The highest BCUT2D eigenvalue weighted by atomic mass is 19.1. The predicted molar refractivity (Wildman–Crippen MR) is 64.7 cm³/mol. The molecule has 0 amide bonds. The number of aryl methyl sites for hydroxylation is 2. The van der Waals surface area contributed by atoms with Crippen LogP contribution in [0.25, 0.3) is 0 Å². The molecule has 0 N–H and O–H groups in total. The fraction of sp³-hybridized carbons (Fsp3) is 0.538. The van der Waals surface area contributed by atoms with Gasteiger partial charge in [0.2, 0.25) is 0 Å². The third-order valence-corrected chi connectivity index (χ3v) is 3.43. The van der Waals surface area contributed by atoms with Crippen LogP contribution in [0.5, 0.6) is 0 Å². The molecule has 0 unspecified atom stereocenters. The van der Waals surface area contributed by atoms with Gasteiger partial charge >= 0.3 is 0 Å². The summed E-state index contributed by atoms with van der Waals surface area (Å²) >= 11 is 0. The number of nitrogens with zero attached hydrogens (tertiary/aromatic N) is 3. The SMILES string of the molecule is FC1=CCCN(c2cnc3c(n2)CCCC3)C1. The Morgan fingerprint density at radius 2 is 2.00 bits per heavy atom. The van der Waals surface area contributed by atoms with E-state index >= 15 is 0 Å². The van der Waals surface area contributed by atoms with Crippen LogP contribution < -0.4 is 4.90 Å². The van der Waals surface area contributed by atoms with Crippen molar-refractivity contribution < 1.29 is 4.39 Å². The van der Waals surface area contributed by atoms with Crippen molar-refractivity contribution in [2.24, 2.45) is 0 Å². The van der Waals surface area contributed by atoms with Gasteiger partial charge < -0.3 is 4.90 Å². The summed E-state index contributed by atoms with van der Waals surface area (Å²) in [6.07, 6.45) is 8.66. The average molecular weight is 233 g/mol. The van der Waals surface area contributed by atoms with Crippen molar-refractivity contribution in [3.8, 4) is 0 Å². The average Bonchev–Trinajstić information content (AvgIpc) is 2.38. The predicted octanol–water partition coefficient (Wildman–Crippen LogP) is 2.42. The van der Waals surface area contributed by atoms with E-state index in [1.807, 2.05) is 4.90 Å². The monoisotopic (exact) mass is 233 g/mol. The minimum Gasteiger partial charge on any atom is -0.348 e. The Balaban J connectivity index is 1.86. The van der Waals surface area contributed by atoms with Crippen LogP contribution in [0, 0.1) is 0 Å². The molecule has 2 aliphatic rings. The molecule has 1 aliphatic heterocycles. The Morgan fingerprint density at radius 3 is 2.82 bits per heavy atom. The molecule has 90 valence electrons. The Kier molecular flexibility index (Phi) is 2.79. The van der Waals surface area contributed by atoms with Gasteiger partial charge in [-0.3, -0.25) is 4.98 Å². The Morgan fingerprint density at radius 1 is 1.18 bits per heavy atom. The molecule has 4 heteroatoms. The lowest BCUT2D eigenvalue weighted by Gasteiger charge is -2.26. The Hall–Kier alpha value is -1.45. The molecule has 0 saturated carbocycles. The van der Waals surface area contributed by atoms with Gasteiger partial charge in [-0.25, -0.2) is 9.37 Å². The van der Waals surface area contributed by atoms with Gasteiger partial charge in [0.15, 0.2) is 0 Å². The van der Waals surface area contributed by atoms with Crippen LogP contribution in [0.4, 0.5) is 10.2 Å². The lowest BCUT2D eigenvalue weighted by molar-refractivity contribution is 0.570. The highest BCUT2D eigenvalue weighted by Crippen LogP contribution is 2.22. The van der Waals surface area contributed by atoms with Gasteiger partial charge in [-0.15, -0.1) is 0 Å². The first-order valence-electron chi connectivity index (χ1n) is 6.27. The number of anilines is 1. The Labute approximate surface area is 100 Å². The van der Waals surface area contributed by atoms with E-state index < -0.39 is 0 Å².